The van der Waals surface area contributed by atoms with E-state index in [1.165, 1.54) is 13.2 Å². The van der Waals surface area contributed by atoms with Crippen LogP contribution in [0.4, 0.5) is 4.39 Å². The molecule has 2 aromatic carbocycles. The second kappa shape index (κ2) is 7.20. The summed E-state index contributed by atoms with van der Waals surface area (Å²) in [7, 11) is 2.97. The van der Waals surface area contributed by atoms with Crippen LogP contribution in [0.15, 0.2) is 48.5 Å². The van der Waals surface area contributed by atoms with Crippen LogP contribution in [-0.2, 0) is 11.2 Å². The first kappa shape index (κ1) is 15.5. The van der Waals surface area contributed by atoms with Gasteiger partial charge in [-0.2, -0.15) is 0 Å². The Morgan fingerprint density at radius 1 is 1.10 bits per heavy atom. The predicted molar refractivity (Wildman–Crippen MR) is 78.9 cm³/mol. The monoisotopic (exact) mass is 290 g/mol. The van der Waals surface area contributed by atoms with E-state index in [9.17, 15) is 9.50 Å². The average Bonchev–Trinajstić information content (AvgIpc) is 2.49. The minimum Gasteiger partial charge on any atom is -0.494 e. The fourth-order valence-electron chi connectivity index (χ4n) is 2.34. The number of hydrogen-bond acceptors (Lipinski definition) is 3. The molecule has 0 saturated heterocycles. The summed E-state index contributed by atoms with van der Waals surface area (Å²) in [6.45, 7) is 0. The van der Waals surface area contributed by atoms with E-state index in [1.54, 1.807) is 19.2 Å². The molecule has 2 aromatic rings. The molecule has 1 N–H and O–H groups in total. The SMILES string of the molecule is COc1ccc(CC(O)C(OC)c2ccccc2)cc1F. The molecule has 3 nitrogen and oxygen atoms in total. The lowest BCUT2D eigenvalue weighted by molar-refractivity contribution is -0.0128. The van der Waals surface area contributed by atoms with Crippen LogP contribution in [0.5, 0.6) is 5.75 Å². The van der Waals surface area contributed by atoms with Crippen molar-refractivity contribution >= 4 is 0 Å². The molecule has 0 amide bonds. The maximum absolute atomic E-state index is 13.7. The van der Waals surface area contributed by atoms with Crippen LogP contribution in [0.25, 0.3) is 0 Å². The van der Waals surface area contributed by atoms with Gasteiger partial charge in [0.25, 0.3) is 0 Å². The smallest absolute Gasteiger partial charge is 0.165 e. The first-order valence-corrected chi connectivity index (χ1v) is 6.74. The van der Waals surface area contributed by atoms with E-state index in [0.29, 0.717) is 12.0 Å². The van der Waals surface area contributed by atoms with E-state index >= 15 is 0 Å². The van der Waals surface area contributed by atoms with Crippen LogP contribution in [0.3, 0.4) is 0 Å². The van der Waals surface area contributed by atoms with Crippen molar-refractivity contribution in [2.45, 2.75) is 18.6 Å². The zero-order valence-corrected chi connectivity index (χ0v) is 12.1. The van der Waals surface area contributed by atoms with E-state index in [4.69, 9.17) is 9.47 Å². The minimum atomic E-state index is -0.759. The third-order valence-corrected chi connectivity index (χ3v) is 3.39. The Kier molecular flexibility index (Phi) is 5.31. The molecular weight excluding hydrogens is 271 g/mol. The van der Waals surface area contributed by atoms with Crippen LogP contribution in [0.1, 0.15) is 17.2 Å². The lowest BCUT2D eigenvalue weighted by atomic mass is 9.98. The Bertz CT molecular complexity index is 572. The van der Waals surface area contributed by atoms with Gasteiger partial charge in [0, 0.05) is 13.5 Å². The number of aliphatic hydroxyl groups excluding tert-OH is 1. The fraction of sp³-hybridized carbons (Fsp3) is 0.294. The fourth-order valence-corrected chi connectivity index (χ4v) is 2.34. The van der Waals surface area contributed by atoms with Gasteiger partial charge in [-0.05, 0) is 23.3 Å². The van der Waals surface area contributed by atoms with Gasteiger partial charge in [0.2, 0.25) is 0 Å². The van der Waals surface area contributed by atoms with Crippen LogP contribution >= 0.6 is 0 Å². The topological polar surface area (TPSA) is 38.7 Å². The van der Waals surface area contributed by atoms with Crippen molar-refractivity contribution in [1.29, 1.82) is 0 Å². The second-order valence-electron chi connectivity index (χ2n) is 4.81. The number of benzene rings is 2. The third kappa shape index (κ3) is 3.80. The summed E-state index contributed by atoms with van der Waals surface area (Å²) in [5.41, 5.74) is 1.58. The van der Waals surface area contributed by atoms with Gasteiger partial charge >= 0.3 is 0 Å². The lowest BCUT2D eigenvalue weighted by Crippen LogP contribution is -2.22. The van der Waals surface area contributed by atoms with Crippen LogP contribution in [0.2, 0.25) is 0 Å². The molecule has 0 heterocycles. The molecule has 0 fully saturated rings. The molecule has 2 rings (SSSR count). The van der Waals surface area contributed by atoms with Crippen molar-refractivity contribution in [2.75, 3.05) is 14.2 Å². The predicted octanol–water partition coefficient (Wildman–Crippen LogP) is 3.13. The Hall–Kier alpha value is -1.91. The van der Waals surface area contributed by atoms with Crippen molar-refractivity contribution < 1.29 is 19.0 Å². The van der Waals surface area contributed by atoms with Gasteiger partial charge in [-0.25, -0.2) is 4.39 Å². The number of aliphatic hydroxyl groups is 1. The van der Waals surface area contributed by atoms with Gasteiger partial charge in [0.15, 0.2) is 11.6 Å². The summed E-state index contributed by atoms with van der Waals surface area (Å²) in [6.07, 6.45) is -0.907. The summed E-state index contributed by atoms with van der Waals surface area (Å²) in [5, 5.41) is 10.4. The Balaban J connectivity index is 2.12. The highest BCUT2D eigenvalue weighted by molar-refractivity contribution is 5.30. The molecule has 2 atom stereocenters. The van der Waals surface area contributed by atoms with Gasteiger partial charge in [-0.1, -0.05) is 36.4 Å². The first-order valence-electron chi connectivity index (χ1n) is 6.74. The number of ether oxygens (including phenoxy) is 2. The van der Waals surface area contributed by atoms with Crippen LogP contribution in [-0.4, -0.2) is 25.4 Å². The van der Waals surface area contributed by atoms with Crippen molar-refractivity contribution in [3.05, 3.63) is 65.5 Å². The Morgan fingerprint density at radius 3 is 2.38 bits per heavy atom. The summed E-state index contributed by atoms with van der Waals surface area (Å²) in [6, 6.07) is 14.1. The van der Waals surface area contributed by atoms with Gasteiger partial charge < -0.3 is 14.6 Å². The largest absolute Gasteiger partial charge is 0.494 e. The van der Waals surface area contributed by atoms with E-state index in [1.807, 2.05) is 30.3 Å². The van der Waals surface area contributed by atoms with E-state index in [-0.39, 0.29) is 5.75 Å². The molecule has 0 bridgehead atoms. The van der Waals surface area contributed by atoms with Gasteiger partial charge in [0.1, 0.15) is 6.10 Å². The molecule has 112 valence electrons. The number of rotatable bonds is 6. The van der Waals surface area contributed by atoms with Gasteiger partial charge in [0.05, 0.1) is 13.2 Å². The summed E-state index contributed by atoms with van der Waals surface area (Å²) >= 11 is 0. The number of hydrogen-bond donors (Lipinski definition) is 1. The number of halogens is 1. The second-order valence-corrected chi connectivity index (χ2v) is 4.81. The highest BCUT2D eigenvalue weighted by Crippen LogP contribution is 2.25. The van der Waals surface area contributed by atoms with Crippen molar-refractivity contribution in [2.24, 2.45) is 0 Å². The number of methoxy groups -OCH3 is 2. The molecule has 0 saturated carbocycles. The maximum atomic E-state index is 13.7. The minimum absolute atomic E-state index is 0.194. The molecule has 0 aromatic heterocycles. The summed E-state index contributed by atoms with van der Waals surface area (Å²) in [5.74, 6) is -0.240. The normalized spacial score (nSPS) is 13.7. The van der Waals surface area contributed by atoms with Crippen molar-refractivity contribution in [3.63, 3.8) is 0 Å². The summed E-state index contributed by atoms with van der Waals surface area (Å²) < 4.78 is 23.9. The van der Waals surface area contributed by atoms with Crippen LogP contribution < -0.4 is 4.74 Å². The zero-order chi connectivity index (χ0) is 15.2. The molecule has 0 aliphatic rings. The lowest BCUT2D eigenvalue weighted by Gasteiger charge is -2.22. The van der Waals surface area contributed by atoms with E-state index in [0.717, 1.165) is 5.56 Å². The van der Waals surface area contributed by atoms with Crippen LogP contribution in [0, 0.1) is 5.82 Å². The van der Waals surface area contributed by atoms with E-state index < -0.39 is 18.0 Å². The molecular formula is C17H19FO3. The highest BCUT2D eigenvalue weighted by atomic mass is 19.1. The Labute approximate surface area is 124 Å². The standard InChI is InChI=1S/C17H19FO3/c1-20-16-9-8-12(10-14(16)18)11-15(19)17(21-2)13-6-4-3-5-7-13/h3-10,15,17,19H,11H2,1-2H3. The Morgan fingerprint density at radius 2 is 1.81 bits per heavy atom. The average molecular weight is 290 g/mol. The molecule has 0 radical (unpaired) electrons. The third-order valence-electron chi connectivity index (χ3n) is 3.39. The summed E-state index contributed by atoms with van der Waals surface area (Å²) in [4.78, 5) is 0. The van der Waals surface area contributed by atoms with E-state index in [2.05, 4.69) is 0 Å². The highest BCUT2D eigenvalue weighted by Gasteiger charge is 2.21. The molecule has 0 aliphatic heterocycles. The molecule has 21 heavy (non-hydrogen) atoms. The van der Waals surface area contributed by atoms with Crippen molar-refractivity contribution in [3.8, 4) is 5.75 Å². The first-order chi connectivity index (χ1) is 10.2. The quantitative estimate of drug-likeness (QED) is 0.888. The molecule has 2 unspecified atom stereocenters. The molecule has 0 spiro atoms. The molecule has 0 aliphatic carbocycles. The molecule has 4 heteroatoms. The maximum Gasteiger partial charge on any atom is 0.165 e. The van der Waals surface area contributed by atoms with Gasteiger partial charge in [-0.15, -0.1) is 0 Å². The van der Waals surface area contributed by atoms with Gasteiger partial charge in [-0.3, -0.25) is 0 Å². The zero-order valence-electron chi connectivity index (χ0n) is 12.1. The van der Waals surface area contributed by atoms with Crippen molar-refractivity contribution in [1.82, 2.24) is 0 Å².